The van der Waals surface area contributed by atoms with Crippen molar-refractivity contribution >= 4 is 17.9 Å². The van der Waals surface area contributed by atoms with Crippen LogP contribution >= 0.6 is 0 Å². The molecule has 27 heavy (non-hydrogen) atoms. The van der Waals surface area contributed by atoms with Gasteiger partial charge in [-0.25, -0.2) is 9.99 Å². The number of hydrogen-bond donors (Lipinski definition) is 1. The van der Waals surface area contributed by atoms with Gasteiger partial charge in [-0.3, -0.25) is 9.59 Å². The second-order valence-corrected chi connectivity index (χ2v) is 6.72. The molecule has 2 aliphatic rings. The average Bonchev–Trinajstić information content (AvgIpc) is 3.17. The van der Waals surface area contributed by atoms with Gasteiger partial charge in [0.2, 0.25) is 5.91 Å². The maximum Gasteiger partial charge on any atom is 0.252 e. The van der Waals surface area contributed by atoms with Gasteiger partial charge in [0.15, 0.2) is 0 Å². The predicted molar refractivity (Wildman–Crippen MR) is 107 cm³/mol. The number of nitrogens with one attached hydrogen (secondary N) is 1. The molecule has 0 spiro atoms. The summed E-state index contributed by atoms with van der Waals surface area (Å²) in [6.07, 6.45) is 13.1. The molecule has 0 radical (unpaired) electrons. The Hall–Kier alpha value is -2.96. The fraction of sp³-hybridized carbons (Fsp3) is 0.400. The normalized spacial score (nSPS) is 20.9. The Labute approximate surface area is 158 Å². The van der Waals surface area contributed by atoms with E-state index in [-0.39, 0.29) is 23.4 Å². The highest BCUT2D eigenvalue weighted by atomic mass is 16.2. The van der Waals surface area contributed by atoms with E-state index >= 15 is 0 Å². The first kappa shape index (κ1) is 18.8. The van der Waals surface area contributed by atoms with Gasteiger partial charge in [-0.15, -0.1) is 0 Å². The smallest absolute Gasteiger partial charge is 0.252 e. The number of hydrogen-bond acceptors (Lipinski definition) is 5. The molecular formula is C20H25N5O2. The Kier molecular flexibility index (Phi) is 6.01. The molecule has 1 aromatic rings. The molecule has 1 atom stereocenters. The first-order valence-electron chi connectivity index (χ1n) is 9.23. The van der Waals surface area contributed by atoms with E-state index in [1.807, 2.05) is 36.1 Å². The van der Waals surface area contributed by atoms with E-state index in [9.17, 15) is 9.59 Å². The van der Waals surface area contributed by atoms with E-state index < -0.39 is 0 Å². The zero-order valence-corrected chi connectivity index (χ0v) is 15.5. The molecule has 3 heterocycles. The topological polar surface area (TPSA) is 81.7 Å². The van der Waals surface area contributed by atoms with E-state index in [4.69, 9.17) is 0 Å². The largest absolute Gasteiger partial charge is 0.356 e. The fourth-order valence-corrected chi connectivity index (χ4v) is 3.41. The number of carbonyl (C=O) groups is 1. The van der Waals surface area contributed by atoms with Crippen LogP contribution in [0.2, 0.25) is 0 Å². The number of hydrazone groups is 1. The van der Waals surface area contributed by atoms with Crippen LogP contribution in [0.25, 0.3) is 0 Å². The van der Waals surface area contributed by atoms with Gasteiger partial charge >= 0.3 is 0 Å². The average molecular weight is 367 g/mol. The standard InChI is InChI=1S/C20H25N5O2/c1-3-4-5-6-15(2)17-7-10-23-25(17)20(27)16-8-11-24(12-9-16)18-13-19(26)22-14-21-18/h3-6,10,13-14,16-17H,2,7-9,11-12H2,1H3,(H,21,22,26)/b4-3-,6-5-/t17-/m0/s1. The SMILES string of the molecule is C=C(/C=C\C=C/C)[C@@H]1CC=NN1C(=O)C1CCN(c2cc(=O)[nH]cn2)CC1. The summed E-state index contributed by atoms with van der Waals surface area (Å²) in [5.41, 5.74) is 0.709. The number of aromatic nitrogens is 2. The molecule has 3 rings (SSSR count). The summed E-state index contributed by atoms with van der Waals surface area (Å²) in [7, 11) is 0. The van der Waals surface area contributed by atoms with Crippen LogP contribution in [0.5, 0.6) is 0 Å². The van der Waals surface area contributed by atoms with Gasteiger partial charge in [-0.1, -0.05) is 30.9 Å². The second kappa shape index (κ2) is 8.62. The minimum Gasteiger partial charge on any atom is -0.356 e. The fourth-order valence-electron chi connectivity index (χ4n) is 3.41. The second-order valence-electron chi connectivity index (χ2n) is 6.72. The number of amides is 1. The Morgan fingerprint density at radius 3 is 2.81 bits per heavy atom. The van der Waals surface area contributed by atoms with Crippen molar-refractivity contribution in [1.29, 1.82) is 0 Å². The molecule has 2 aliphatic heterocycles. The molecule has 1 aromatic heterocycles. The van der Waals surface area contributed by atoms with Crippen molar-refractivity contribution in [3.05, 3.63) is 59.2 Å². The highest BCUT2D eigenvalue weighted by Gasteiger charge is 2.34. The summed E-state index contributed by atoms with van der Waals surface area (Å²) in [6, 6.07) is 1.38. The van der Waals surface area contributed by atoms with Crippen molar-refractivity contribution in [3.8, 4) is 0 Å². The van der Waals surface area contributed by atoms with Crippen molar-refractivity contribution < 1.29 is 4.79 Å². The van der Waals surface area contributed by atoms with Crippen LogP contribution in [0.3, 0.4) is 0 Å². The van der Waals surface area contributed by atoms with E-state index in [2.05, 4.69) is 21.6 Å². The maximum atomic E-state index is 13.0. The van der Waals surface area contributed by atoms with Crippen molar-refractivity contribution in [2.45, 2.75) is 32.2 Å². The van der Waals surface area contributed by atoms with E-state index in [1.54, 1.807) is 11.2 Å². The van der Waals surface area contributed by atoms with Crippen molar-refractivity contribution in [2.75, 3.05) is 18.0 Å². The van der Waals surface area contributed by atoms with Crippen LogP contribution < -0.4 is 10.5 Å². The first-order chi connectivity index (χ1) is 13.1. The molecule has 1 saturated heterocycles. The van der Waals surface area contributed by atoms with E-state index in [0.29, 0.717) is 38.2 Å². The van der Waals surface area contributed by atoms with Gasteiger partial charge in [0.1, 0.15) is 5.82 Å². The van der Waals surface area contributed by atoms with Gasteiger partial charge in [0.25, 0.3) is 5.56 Å². The minimum atomic E-state index is -0.170. The molecule has 0 aliphatic carbocycles. The molecule has 0 bridgehead atoms. The molecule has 1 N–H and O–H groups in total. The van der Waals surface area contributed by atoms with Gasteiger partial charge in [0, 0.05) is 37.7 Å². The molecule has 0 aromatic carbocycles. The summed E-state index contributed by atoms with van der Waals surface area (Å²) in [6.45, 7) is 7.44. The lowest BCUT2D eigenvalue weighted by Crippen LogP contribution is -2.43. The van der Waals surface area contributed by atoms with Gasteiger partial charge < -0.3 is 9.88 Å². The van der Waals surface area contributed by atoms with E-state index in [1.165, 1.54) is 12.4 Å². The number of rotatable bonds is 5. The third-order valence-corrected chi connectivity index (χ3v) is 4.93. The van der Waals surface area contributed by atoms with Crippen molar-refractivity contribution in [2.24, 2.45) is 11.0 Å². The third-order valence-electron chi connectivity index (χ3n) is 4.93. The van der Waals surface area contributed by atoms with Crippen LogP contribution in [-0.2, 0) is 4.79 Å². The number of carbonyl (C=O) groups excluding carboxylic acids is 1. The number of allylic oxidation sites excluding steroid dienone is 3. The molecule has 7 nitrogen and oxygen atoms in total. The Bertz CT molecular complexity index is 831. The van der Waals surface area contributed by atoms with Crippen molar-refractivity contribution in [1.82, 2.24) is 15.0 Å². The summed E-state index contributed by atoms with van der Waals surface area (Å²) in [5.74, 6) is 0.630. The lowest BCUT2D eigenvalue weighted by molar-refractivity contribution is -0.137. The zero-order chi connectivity index (χ0) is 19.2. The highest BCUT2D eigenvalue weighted by molar-refractivity contribution is 5.82. The van der Waals surface area contributed by atoms with Gasteiger partial charge in [-0.05, 0) is 25.3 Å². The molecule has 1 fully saturated rings. The lowest BCUT2D eigenvalue weighted by atomic mass is 9.94. The monoisotopic (exact) mass is 367 g/mol. The number of aromatic amines is 1. The van der Waals surface area contributed by atoms with Gasteiger partial charge in [-0.2, -0.15) is 5.10 Å². The van der Waals surface area contributed by atoms with Gasteiger partial charge in [0.05, 0.1) is 12.4 Å². The van der Waals surface area contributed by atoms with Crippen LogP contribution in [0.1, 0.15) is 26.2 Å². The summed E-state index contributed by atoms with van der Waals surface area (Å²) >= 11 is 0. The molecule has 0 unspecified atom stereocenters. The van der Waals surface area contributed by atoms with E-state index in [0.717, 1.165) is 5.57 Å². The molecule has 1 amide bonds. The summed E-state index contributed by atoms with van der Waals surface area (Å²) in [4.78, 5) is 33.2. The molecule has 0 saturated carbocycles. The summed E-state index contributed by atoms with van der Waals surface area (Å²) in [5, 5.41) is 5.90. The summed E-state index contributed by atoms with van der Waals surface area (Å²) < 4.78 is 0. The molecular weight excluding hydrogens is 342 g/mol. The lowest BCUT2D eigenvalue weighted by Gasteiger charge is -2.34. The predicted octanol–water partition coefficient (Wildman–Crippen LogP) is 2.26. The third kappa shape index (κ3) is 4.42. The van der Waals surface area contributed by atoms with Crippen LogP contribution in [-0.4, -0.2) is 46.2 Å². The van der Waals surface area contributed by atoms with Crippen LogP contribution in [0.15, 0.2) is 58.7 Å². The Morgan fingerprint density at radius 1 is 1.33 bits per heavy atom. The number of H-pyrrole nitrogens is 1. The Morgan fingerprint density at radius 2 is 2.11 bits per heavy atom. The zero-order valence-electron chi connectivity index (χ0n) is 15.5. The molecule has 7 heteroatoms. The van der Waals surface area contributed by atoms with Crippen molar-refractivity contribution in [3.63, 3.8) is 0 Å². The molecule has 142 valence electrons. The quantitative estimate of drug-likeness (QED) is 0.810. The number of anilines is 1. The van der Waals surface area contributed by atoms with Crippen LogP contribution in [0, 0.1) is 5.92 Å². The first-order valence-corrected chi connectivity index (χ1v) is 9.23. The number of nitrogens with zero attached hydrogens (tertiary/aromatic N) is 4. The minimum absolute atomic E-state index is 0.0489. The number of piperidine rings is 1. The highest BCUT2D eigenvalue weighted by Crippen LogP contribution is 2.27. The van der Waals surface area contributed by atoms with Crippen LogP contribution in [0.4, 0.5) is 5.82 Å². The maximum absolute atomic E-state index is 13.0. The Balaban J connectivity index is 1.60.